The molecule has 4 amide bonds. The zero-order chi connectivity index (χ0) is 21.7. The zero-order valence-electron chi connectivity index (χ0n) is 17.5. The summed E-state index contributed by atoms with van der Waals surface area (Å²) in [5.74, 6) is -1.61. The quantitative estimate of drug-likeness (QED) is 0.614. The SMILES string of the molecule is CC(=O)Nc1sc2c(c1C(=O)OC(C)C(=O)NC(=O)NC1CCCCC1)CCCC2. The summed E-state index contributed by atoms with van der Waals surface area (Å²) in [4.78, 5) is 49.9. The van der Waals surface area contributed by atoms with Crippen LogP contribution in [0.25, 0.3) is 0 Å². The van der Waals surface area contributed by atoms with Gasteiger partial charge in [0.25, 0.3) is 5.91 Å². The molecule has 2 aliphatic rings. The van der Waals surface area contributed by atoms with Crippen molar-refractivity contribution in [3.8, 4) is 0 Å². The predicted octanol–water partition coefficient (Wildman–Crippen LogP) is 3.29. The average molecular weight is 436 g/mol. The van der Waals surface area contributed by atoms with E-state index in [1.165, 1.54) is 31.6 Å². The first kappa shape index (κ1) is 22.3. The van der Waals surface area contributed by atoms with Crippen molar-refractivity contribution in [2.75, 3.05) is 5.32 Å². The van der Waals surface area contributed by atoms with Crippen LogP contribution in [-0.4, -0.2) is 36.0 Å². The summed E-state index contributed by atoms with van der Waals surface area (Å²) >= 11 is 1.39. The maximum absolute atomic E-state index is 12.9. The molecule has 1 atom stereocenters. The Morgan fingerprint density at radius 2 is 1.73 bits per heavy atom. The number of hydrogen-bond acceptors (Lipinski definition) is 6. The first-order valence-electron chi connectivity index (χ1n) is 10.6. The number of thiophene rings is 1. The second-order valence-electron chi connectivity index (χ2n) is 7.94. The normalized spacial score (nSPS) is 17.4. The molecule has 8 nitrogen and oxygen atoms in total. The van der Waals surface area contributed by atoms with Crippen molar-refractivity contribution in [3.63, 3.8) is 0 Å². The predicted molar refractivity (Wildman–Crippen MR) is 114 cm³/mol. The number of fused-ring (bicyclic) bond motifs is 1. The first-order valence-corrected chi connectivity index (χ1v) is 11.4. The van der Waals surface area contributed by atoms with Crippen LogP contribution in [0.1, 0.15) is 79.6 Å². The Kier molecular flexibility index (Phi) is 7.47. The fraction of sp³-hybridized carbons (Fsp3) is 0.619. The molecule has 0 spiro atoms. The van der Waals surface area contributed by atoms with Crippen LogP contribution < -0.4 is 16.0 Å². The van der Waals surface area contributed by atoms with Crippen LogP contribution in [0.4, 0.5) is 9.80 Å². The van der Waals surface area contributed by atoms with E-state index >= 15 is 0 Å². The number of anilines is 1. The van der Waals surface area contributed by atoms with Gasteiger partial charge >= 0.3 is 12.0 Å². The molecule has 30 heavy (non-hydrogen) atoms. The fourth-order valence-electron chi connectivity index (χ4n) is 3.98. The number of aryl methyl sites for hydroxylation is 1. The molecule has 1 aromatic heterocycles. The number of amides is 4. The van der Waals surface area contributed by atoms with Gasteiger partial charge in [0, 0.05) is 17.8 Å². The second kappa shape index (κ2) is 10.1. The molecule has 0 saturated heterocycles. The molecule has 164 valence electrons. The van der Waals surface area contributed by atoms with Crippen molar-refractivity contribution in [3.05, 3.63) is 16.0 Å². The Morgan fingerprint density at radius 3 is 2.43 bits per heavy atom. The number of imide groups is 1. The smallest absolute Gasteiger partial charge is 0.342 e. The lowest BCUT2D eigenvalue weighted by Gasteiger charge is -2.23. The van der Waals surface area contributed by atoms with Gasteiger partial charge < -0.3 is 15.4 Å². The van der Waals surface area contributed by atoms with Crippen LogP contribution in [0.3, 0.4) is 0 Å². The molecule has 0 aromatic carbocycles. The van der Waals surface area contributed by atoms with Crippen molar-refractivity contribution in [2.24, 2.45) is 0 Å². The number of urea groups is 1. The number of nitrogens with one attached hydrogen (secondary N) is 3. The molecule has 0 bridgehead atoms. The number of ether oxygens (including phenoxy) is 1. The molecule has 0 aliphatic heterocycles. The van der Waals surface area contributed by atoms with E-state index in [2.05, 4.69) is 16.0 Å². The van der Waals surface area contributed by atoms with Gasteiger partial charge in [-0.15, -0.1) is 11.3 Å². The van der Waals surface area contributed by atoms with Gasteiger partial charge in [-0.1, -0.05) is 19.3 Å². The van der Waals surface area contributed by atoms with Crippen LogP contribution in [-0.2, 0) is 27.2 Å². The minimum Gasteiger partial charge on any atom is -0.449 e. The molecular weight excluding hydrogens is 406 g/mol. The summed E-state index contributed by atoms with van der Waals surface area (Å²) in [5, 5.41) is 8.22. The standard InChI is InChI=1S/C21H29N3O5S/c1-12(18(26)24-21(28)23-14-8-4-3-5-9-14)29-20(27)17-15-10-6-7-11-16(15)30-19(17)22-13(2)25/h12,14H,3-11H2,1-2H3,(H,22,25)(H2,23,24,26,28). The lowest BCUT2D eigenvalue weighted by molar-refractivity contribution is -0.128. The van der Waals surface area contributed by atoms with Crippen LogP contribution in [0.5, 0.6) is 0 Å². The maximum atomic E-state index is 12.9. The number of carbonyl (C=O) groups excluding carboxylic acids is 4. The Bertz CT molecular complexity index is 829. The van der Waals surface area contributed by atoms with Crippen LogP contribution in [0.2, 0.25) is 0 Å². The van der Waals surface area contributed by atoms with Gasteiger partial charge in [0.05, 0.1) is 5.56 Å². The third-order valence-corrected chi connectivity index (χ3v) is 6.70. The molecule has 9 heteroatoms. The first-order chi connectivity index (χ1) is 14.3. The van der Waals surface area contributed by atoms with Gasteiger partial charge in [-0.05, 0) is 51.0 Å². The van der Waals surface area contributed by atoms with E-state index in [0.717, 1.165) is 61.8 Å². The topological polar surface area (TPSA) is 114 Å². The lowest BCUT2D eigenvalue weighted by atomic mass is 9.95. The van der Waals surface area contributed by atoms with E-state index in [1.807, 2.05) is 0 Å². The minimum atomic E-state index is -1.14. The molecule has 0 radical (unpaired) electrons. The molecule has 1 unspecified atom stereocenters. The lowest BCUT2D eigenvalue weighted by Crippen LogP contribution is -2.48. The molecule has 3 N–H and O–H groups in total. The summed E-state index contributed by atoms with van der Waals surface area (Å²) < 4.78 is 5.36. The molecule has 1 aromatic rings. The minimum absolute atomic E-state index is 0.0712. The Labute approximate surface area is 180 Å². The highest BCUT2D eigenvalue weighted by molar-refractivity contribution is 7.17. The number of esters is 1. The van der Waals surface area contributed by atoms with Gasteiger partial charge in [-0.3, -0.25) is 14.9 Å². The van der Waals surface area contributed by atoms with E-state index in [4.69, 9.17) is 4.74 Å². The molecular formula is C21H29N3O5S. The third-order valence-electron chi connectivity index (χ3n) is 5.50. The highest BCUT2D eigenvalue weighted by Gasteiger charge is 2.30. The highest BCUT2D eigenvalue weighted by Crippen LogP contribution is 2.38. The monoisotopic (exact) mass is 435 g/mol. The van der Waals surface area contributed by atoms with E-state index in [-0.39, 0.29) is 11.9 Å². The van der Waals surface area contributed by atoms with Crippen molar-refractivity contribution < 1.29 is 23.9 Å². The molecule has 1 heterocycles. The van der Waals surface area contributed by atoms with E-state index in [9.17, 15) is 19.2 Å². The van der Waals surface area contributed by atoms with E-state index in [1.54, 1.807) is 0 Å². The number of carbonyl (C=O) groups is 4. The molecule has 3 rings (SSSR count). The van der Waals surface area contributed by atoms with Gasteiger partial charge in [0.2, 0.25) is 5.91 Å². The number of hydrogen-bond donors (Lipinski definition) is 3. The summed E-state index contributed by atoms with van der Waals surface area (Å²) in [6, 6.07) is -0.497. The average Bonchev–Trinajstić information content (AvgIpc) is 3.05. The fourth-order valence-corrected chi connectivity index (χ4v) is 5.31. The van der Waals surface area contributed by atoms with E-state index < -0.39 is 24.0 Å². The molecule has 2 aliphatic carbocycles. The van der Waals surface area contributed by atoms with Crippen molar-refractivity contribution in [1.82, 2.24) is 10.6 Å². The van der Waals surface area contributed by atoms with Crippen LogP contribution >= 0.6 is 11.3 Å². The maximum Gasteiger partial charge on any atom is 0.342 e. The summed E-state index contributed by atoms with van der Waals surface area (Å²) in [7, 11) is 0. The highest BCUT2D eigenvalue weighted by atomic mass is 32.1. The summed E-state index contributed by atoms with van der Waals surface area (Å²) in [6.45, 7) is 2.81. The van der Waals surface area contributed by atoms with E-state index in [0.29, 0.717) is 10.6 Å². The number of rotatable bonds is 5. The molecule has 1 fully saturated rings. The largest absolute Gasteiger partial charge is 0.449 e. The van der Waals surface area contributed by atoms with Crippen molar-refractivity contribution >= 4 is 40.2 Å². The Hall–Kier alpha value is -2.42. The van der Waals surface area contributed by atoms with Crippen molar-refractivity contribution in [1.29, 1.82) is 0 Å². The van der Waals surface area contributed by atoms with Gasteiger partial charge in [-0.2, -0.15) is 0 Å². The third kappa shape index (κ3) is 5.59. The van der Waals surface area contributed by atoms with Gasteiger partial charge in [-0.25, -0.2) is 9.59 Å². The Morgan fingerprint density at radius 1 is 1.03 bits per heavy atom. The Balaban J connectivity index is 1.62. The van der Waals surface area contributed by atoms with Crippen LogP contribution in [0.15, 0.2) is 0 Å². The molecule has 1 saturated carbocycles. The summed E-state index contributed by atoms with van der Waals surface area (Å²) in [6.07, 6.45) is 7.55. The zero-order valence-corrected chi connectivity index (χ0v) is 18.3. The van der Waals surface area contributed by atoms with Crippen LogP contribution in [0, 0.1) is 0 Å². The second-order valence-corrected chi connectivity index (χ2v) is 9.05. The van der Waals surface area contributed by atoms with Gasteiger partial charge in [0.1, 0.15) is 5.00 Å². The summed E-state index contributed by atoms with van der Waals surface area (Å²) in [5.41, 5.74) is 1.22. The van der Waals surface area contributed by atoms with Gasteiger partial charge in [0.15, 0.2) is 6.10 Å². The van der Waals surface area contributed by atoms with Crippen molar-refractivity contribution in [2.45, 2.75) is 83.8 Å².